The van der Waals surface area contributed by atoms with Crippen molar-refractivity contribution in [3.05, 3.63) is 0 Å². The van der Waals surface area contributed by atoms with Crippen LogP contribution in [0, 0.1) is 0 Å². The maximum absolute atomic E-state index is 11.9. The largest absolute Gasteiger partial charge is 0.457 e. The lowest BCUT2D eigenvalue weighted by atomic mass is 10.0. The van der Waals surface area contributed by atoms with Crippen molar-refractivity contribution in [3.63, 3.8) is 0 Å². The zero-order chi connectivity index (χ0) is 24.9. The molecule has 5 N–H and O–H groups in total. The van der Waals surface area contributed by atoms with E-state index in [9.17, 15) is 20.1 Å². The van der Waals surface area contributed by atoms with E-state index >= 15 is 0 Å². The number of carbonyl (C=O) groups excluding carboxylic acids is 1. The average molecular weight is 479 g/mol. The predicted molar refractivity (Wildman–Crippen MR) is 128 cm³/mol. The number of carbonyl (C=O) groups is 1. The maximum Gasteiger partial charge on any atom is 0.306 e. The summed E-state index contributed by atoms with van der Waals surface area (Å²) in [4.78, 5) is 11.9. The molecule has 1 fully saturated rings. The van der Waals surface area contributed by atoms with Gasteiger partial charge in [-0.3, -0.25) is 4.79 Å². The summed E-state index contributed by atoms with van der Waals surface area (Å²) in [6.07, 6.45) is 12.0. The van der Waals surface area contributed by atoms with Gasteiger partial charge >= 0.3 is 5.97 Å². The lowest BCUT2D eigenvalue weighted by molar-refractivity contribution is -0.162. The third-order valence-electron chi connectivity index (χ3n) is 5.77. The highest BCUT2D eigenvalue weighted by Crippen LogP contribution is 2.20. The van der Waals surface area contributed by atoms with Crippen LogP contribution in [-0.2, 0) is 14.3 Å². The summed E-state index contributed by atoms with van der Waals surface area (Å²) >= 11 is 0. The monoisotopic (exact) mass is 478 g/mol. The van der Waals surface area contributed by atoms with Crippen LogP contribution in [0.4, 0.5) is 0 Å². The molecule has 1 heterocycles. The Bertz CT molecular complexity index is 446. The van der Waals surface area contributed by atoms with Crippen LogP contribution in [0.2, 0.25) is 0 Å². The van der Waals surface area contributed by atoms with Crippen molar-refractivity contribution in [1.29, 1.82) is 0 Å². The first-order chi connectivity index (χ1) is 15.9. The molecule has 0 aromatic rings. The molecule has 0 amide bonds. The van der Waals surface area contributed by atoms with Gasteiger partial charge in [0.1, 0.15) is 18.3 Å². The van der Waals surface area contributed by atoms with Gasteiger partial charge in [0.2, 0.25) is 0 Å². The van der Waals surface area contributed by atoms with Gasteiger partial charge in [0.05, 0.1) is 25.9 Å². The summed E-state index contributed by atoms with van der Waals surface area (Å²) in [5, 5.41) is 44.7. The quantitative estimate of drug-likeness (QED) is 0.150. The van der Waals surface area contributed by atoms with E-state index in [0.29, 0.717) is 6.42 Å². The lowest BCUT2D eigenvalue weighted by Gasteiger charge is -2.24. The van der Waals surface area contributed by atoms with Crippen molar-refractivity contribution >= 4 is 5.97 Å². The number of hydrogen-bond donors (Lipinski definition) is 5. The van der Waals surface area contributed by atoms with E-state index < -0.39 is 37.1 Å². The Hall–Kier alpha value is -0.770. The van der Waals surface area contributed by atoms with Crippen molar-refractivity contribution in [3.8, 4) is 0 Å². The van der Waals surface area contributed by atoms with Gasteiger partial charge in [-0.25, -0.2) is 0 Å². The molecule has 33 heavy (non-hydrogen) atoms. The minimum Gasteiger partial charge on any atom is -0.457 e. The zero-order valence-electron chi connectivity index (χ0n) is 20.9. The molecule has 198 valence electrons. The van der Waals surface area contributed by atoms with Crippen molar-refractivity contribution in [2.24, 2.45) is 0 Å². The molecule has 8 heteroatoms. The number of ether oxygens (including phenoxy) is 2. The zero-order valence-corrected chi connectivity index (χ0v) is 20.9. The number of unbranched alkanes of at least 4 members (excludes halogenated alkanes) is 12. The Morgan fingerprint density at radius 2 is 1.33 bits per heavy atom. The summed E-state index contributed by atoms with van der Waals surface area (Å²) in [6.45, 7) is 3.19. The normalized spacial score (nSPS) is 21.8. The molecule has 0 saturated carbocycles. The molecule has 1 rings (SSSR count). The highest BCUT2D eigenvalue weighted by atomic mass is 16.6. The molecule has 0 aromatic heterocycles. The van der Waals surface area contributed by atoms with Gasteiger partial charge in [0.15, 0.2) is 6.10 Å². The van der Waals surface area contributed by atoms with E-state index in [0.717, 1.165) is 19.3 Å². The van der Waals surface area contributed by atoms with Gasteiger partial charge in [-0.1, -0.05) is 84.0 Å². The molecular weight excluding hydrogens is 428 g/mol. The molecule has 0 bridgehead atoms. The fraction of sp³-hybridized carbons (Fsp3) is 0.960. The number of esters is 1. The van der Waals surface area contributed by atoms with Gasteiger partial charge in [0, 0.05) is 6.42 Å². The van der Waals surface area contributed by atoms with Crippen LogP contribution in [0.25, 0.3) is 0 Å². The number of hydrogen-bond acceptors (Lipinski definition) is 8. The van der Waals surface area contributed by atoms with E-state index in [2.05, 4.69) is 6.92 Å². The second kappa shape index (κ2) is 21.7. The molecular formula is C25H50O8. The van der Waals surface area contributed by atoms with Crippen molar-refractivity contribution < 1.29 is 39.8 Å². The van der Waals surface area contributed by atoms with Crippen LogP contribution in [-0.4, -0.2) is 81.8 Å². The second-order valence-electron chi connectivity index (χ2n) is 9.09. The summed E-state index contributed by atoms with van der Waals surface area (Å²) in [5.74, 6) is -0.390. The Kier molecular flexibility index (Phi) is 21.2. The standard InChI is InChI=1S/C22H42O6.C3H8O2/c1-2-3-4-5-6-7-8-9-10-11-12-13-14-15-20(25)28-19(16-23)22-21(26)18(24)17-27-22;1-3(5)2-4/h18-19,21-24,26H,2-17H2,1H3;3-5H,2H2,1H3/t18-,19+,21+,22+;/m0./s1. The number of rotatable bonds is 18. The molecule has 0 radical (unpaired) electrons. The van der Waals surface area contributed by atoms with E-state index in [1.54, 1.807) is 0 Å². The van der Waals surface area contributed by atoms with E-state index in [-0.39, 0.29) is 19.2 Å². The van der Waals surface area contributed by atoms with Gasteiger partial charge in [0.25, 0.3) is 0 Å². The predicted octanol–water partition coefficient (Wildman–Crippen LogP) is 2.85. The number of aliphatic hydroxyl groups is 5. The molecule has 1 unspecified atom stereocenters. The van der Waals surface area contributed by atoms with Crippen molar-refractivity contribution in [2.75, 3.05) is 19.8 Å². The first kappa shape index (κ1) is 32.2. The molecule has 0 aromatic carbocycles. The SMILES string of the molecule is CC(O)CO.CCCCCCCCCCCCCCCC(=O)O[C@H](CO)[C@H]1OC[C@H](O)[C@H]1O. The Morgan fingerprint density at radius 1 is 0.879 bits per heavy atom. The highest BCUT2D eigenvalue weighted by molar-refractivity contribution is 5.69. The summed E-state index contributed by atoms with van der Waals surface area (Å²) < 4.78 is 10.4. The van der Waals surface area contributed by atoms with Crippen LogP contribution in [0.5, 0.6) is 0 Å². The van der Waals surface area contributed by atoms with Gasteiger partial charge < -0.3 is 35.0 Å². The Morgan fingerprint density at radius 3 is 1.70 bits per heavy atom. The van der Waals surface area contributed by atoms with Crippen LogP contribution >= 0.6 is 0 Å². The van der Waals surface area contributed by atoms with Crippen molar-refractivity contribution in [2.45, 2.75) is 134 Å². The fourth-order valence-corrected chi connectivity index (χ4v) is 3.68. The van der Waals surface area contributed by atoms with Crippen LogP contribution < -0.4 is 0 Å². The third-order valence-corrected chi connectivity index (χ3v) is 5.77. The minimum absolute atomic E-state index is 0.0151. The van der Waals surface area contributed by atoms with E-state index in [1.165, 1.54) is 71.1 Å². The molecule has 8 nitrogen and oxygen atoms in total. The van der Waals surface area contributed by atoms with Gasteiger partial charge in [-0.15, -0.1) is 0 Å². The van der Waals surface area contributed by atoms with Crippen LogP contribution in [0.1, 0.15) is 104 Å². The molecule has 1 aliphatic rings. The van der Waals surface area contributed by atoms with Gasteiger partial charge in [-0.2, -0.15) is 0 Å². The van der Waals surface area contributed by atoms with E-state index in [1.807, 2.05) is 0 Å². The molecule has 1 saturated heterocycles. The molecule has 1 aliphatic heterocycles. The fourth-order valence-electron chi connectivity index (χ4n) is 3.68. The number of aliphatic hydroxyl groups excluding tert-OH is 5. The lowest BCUT2D eigenvalue weighted by Crippen LogP contribution is -2.43. The van der Waals surface area contributed by atoms with Crippen LogP contribution in [0.15, 0.2) is 0 Å². The Labute approximate surface area is 200 Å². The second-order valence-corrected chi connectivity index (χ2v) is 9.09. The highest BCUT2D eigenvalue weighted by Gasteiger charge is 2.41. The van der Waals surface area contributed by atoms with Crippen LogP contribution in [0.3, 0.4) is 0 Å². The average Bonchev–Trinajstić information content (AvgIpc) is 3.13. The smallest absolute Gasteiger partial charge is 0.306 e. The van der Waals surface area contributed by atoms with E-state index in [4.69, 9.17) is 19.7 Å². The first-order valence-electron chi connectivity index (χ1n) is 12.9. The first-order valence-corrected chi connectivity index (χ1v) is 12.9. The summed E-state index contributed by atoms with van der Waals surface area (Å²) in [7, 11) is 0. The van der Waals surface area contributed by atoms with Crippen molar-refractivity contribution in [1.82, 2.24) is 0 Å². The maximum atomic E-state index is 11.9. The molecule has 5 atom stereocenters. The molecule has 0 aliphatic carbocycles. The molecule has 0 spiro atoms. The topological polar surface area (TPSA) is 137 Å². The summed E-state index contributed by atoms with van der Waals surface area (Å²) in [6, 6.07) is 0. The minimum atomic E-state index is -1.14. The summed E-state index contributed by atoms with van der Waals surface area (Å²) in [5.41, 5.74) is 0. The Balaban J connectivity index is 0.00000184. The third kappa shape index (κ3) is 17.3. The van der Waals surface area contributed by atoms with Gasteiger partial charge in [-0.05, 0) is 13.3 Å².